The minimum atomic E-state index is -0.323. The van der Waals surface area contributed by atoms with E-state index >= 15 is 0 Å². The molecular weight excluding hydrogens is 166 g/mol. The van der Waals surface area contributed by atoms with Crippen LogP contribution in [0.3, 0.4) is 0 Å². The summed E-state index contributed by atoms with van der Waals surface area (Å²) in [4.78, 5) is 13.3. The maximum absolute atomic E-state index is 11.6. The molecule has 0 aromatic carbocycles. The van der Waals surface area contributed by atoms with Gasteiger partial charge in [-0.3, -0.25) is 4.79 Å². The van der Waals surface area contributed by atoms with Gasteiger partial charge in [0.1, 0.15) is 0 Å². The second-order valence-corrected chi connectivity index (χ2v) is 4.44. The van der Waals surface area contributed by atoms with Crippen molar-refractivity contribution < 1.29 is 9.90 Å². The molecule has 3 nitrogen and oxygen atoms in total. The number of carbonyl (C=O) groups excluding carboxylic acids is 1. The zero-order chi connectivity index (χ0) is 10.0. The number of carbonyl (C=O) groups is 1. The van der Waals surface area contributed by atoms with Crippen molar-refractivity contribution in [1.29, 1.82) is 0 Å². The van der Waals surface area contributed by atoms with Crippen LogP contribution in [0.2, 0.25) is 0 Å². The van der Waals surface area contributed by atoms with Crippen LogP contribution in [0.25, 0.3) is 0 Å². The van der Waals surface area contributed by atoms with Crippen LogP contribution in [-0.4, -0.2) is 35.1 Å². The molecule has 1 fully saturated rings. The van der Waals surface area contributed by atoms with E-state index in [9.17, 15) is 9.90 Å². The van der Waals surface area contributed by atoms with Gasteiger partial charge in [0.05, 0.1) is 6.10 Å². The standard InChI is InChI=1S/C10H19NO2/c1-7(2)4-10(13)11-5-8(3)9(12)6-11/h7-9,12H,4-6H2,1-3H3/t8-,9-/m0/s1. The predicted molar refractivity (Wildman–Crippen MR) is 51.2 cm³/mol. The maximum atomic E-state index is 11.6. The number of amides is 1. The van der Waals surface area contributed by atoms with Gasteiger partial charge in [-0.15, -0.1) is 0 Å². The third-order valence-corrected chi connectivity index (χ3v) is 2.51. The van der Waals surface area contributed by atoms with Crippen LogP contribution < -0.4 is 0 Å². The molecular formula is C10H19NO2. The summed E-state index contributed by atoms with van der Waals surface area (Å²) in [6, 6.07) is 0. The molecule has 0 unspecified atom stereocenters. The van der Waals surface area contributed by atoms with E-state index in [-0.39, 0.29) is 17.9 Å². The van der Waals surface area contributed by atoms with Gasteiger partial charge < -0.3 is 10.0 Å². The summed E-state index contributed by atoms with van der Waals surface area (Å²) in [5, 5.41) is 9.46. The van der Waals surface area contributed by atoms with Gasteiger partial charge in [-0.05, 0) is 5.92 Å². The zero-order valence-electron chi connectivity index (χ0n) is 8.66. The van der Waals surface area contributed by atoms with Crippen molar-refractivity contribution in [3.05, 3.63) is 0 Å². The highest BCUT2D eigenvalue weighted by Crippen LogP contribution is 2.17. The summed E-state index contributed by atoms with van der Waals surface area (Å²) in [7, 11) is 0. The van der Waals surface area contributed by atoms with Crippen LogP contribution in [0.1, 0.15) is 27.2 Å². The van der Waals surface area contributed by atoms with E-state index in [1.165, 1.54) is 0 Å². The minimum Gasteiger partial charge on any atom is -0.391 e. The van der Waals surface area contributed by atoms with E-state index in [1.807, 2.05) is 20.8 Å². The molecule has 3 heteroatoms. The van der Waals surface area contributed by atoms with Gasteiger partial charge >= 0.3 is 0 Å². The molecule has 0 aliphatic carbocycles. The summed E-state index contributed by atoms with van der Waals surface area (Å²) in [6.45, 7) is 7.29. The Labute approximate surface area is 79.7 Å². The van der Waals surface area contributed by atoms with E-state index in [0.29, 0.717) is 25.4 Å². The molecule has 1 N–H and O–H groups in total. The molecule has 2 atom stereocenters. The van der Waals surface area contributed by atoms with Crippen molar-refractivity contribution >= 4 is 5.91 Å². The average molecular weight is 185 g/mol. The van der Waals surface area contributed by atoms with Crippen molar-refractivity contribution in [2.45, 2.75) is 33.3 Å². The summed E-state index contributed by atoms with van der Waals surface area (Å²) < 4.78 is 0. The second kappa shape index (κ2) is 4.09. The topological polar surface area (TPSA) is 40.5 Å². The lowest BCUT2D eigenvalue weighted by atomic mass is 10.1. The molecule has 0 saturated carbocycles. The highest BCUT2D eigenvalue weighted by molar-refractivity contribution is 5.76. The first kappa shape index (κ1) is 10.5. The predicted octanol–water partition coefficient (Wildman–Crippen LogP) is 0.872. The molecule has 1 heterocycles. The quantitative estimate of drug-likeness (QED) is 0.693. The monoisotopic (exact) mass is 185 g/mol. The Balaban J connectivity index is 2.42. The van der Waals surface area contributed by atoms with Gasteiger partial charge in [0, 0.05) is 25.4 Å². The van der Waals surface area contributed by atoms with Crippen molar-refractivity contribution in [1.82, 2.24) is 4.90 Å². The third kappa shape index (κ3) is 2.69. The SMILES string of the molecule is CC(C)CC(=O)N1C[C@H](C)[C@@H](O)C1. The molecule has 1 rings (SSSR count). The number of nitrogens with zero attached hydrogens (tertiary/aromatic N) is 1. The first-order valence-corrected chi connectivity index (χ1v) is 4.96. The highest BCUT2D eigenvalue weighted by atomic mass is 16.3. The minimum absolute atomic E-state index is 0.179. The van der Waals surface area contributed by atoms with Crippen LogP contribution in [0.4, 0.5) is 0 Å². The van der Waals surface area contributed by atoms with E-state index in [1.54, 1.807) is 4.90 Å². The highest BCUT2D eigenvalue weighted by Gasteiger charge is 2.30. The maximum Gasteiger partial charge on any atom is 0.222 e. The van der Waals surface area contributed by atoms with Crippen molar-refractivity contribution in [3.63, 3.8) is 0 Å². The first-order chi connectivity index (χ1) is 6.00. The van der Waals surface area contributed by atoms with Crippen LogP contribution in [0.15, 0.2) is 0 Å². The molecule has 1 aliphatic rings. The fraction of sp³-hybridized carbons (Fsp3) is 0.900. The van der Waals surface area contributed by atoms with E-state index in [0.717, 1.165) is 0 Å². The molecule has 0 aromatic heterocycles. The van der Waals surface area contributed by atoms with Gasteiger partial charge in [-0.2, -0.15) is 0 Å². The van der Waals surface area contributed by atoms with Gasteiger partial charge in [-0.1, -0.05) is 20.8 Å². The summed E-state index contributed by atoms with van der Waals surface area (Å²) in [5.74, 6) is 0.815. The number of hydrogen-bond donors (Lipinski definition) is 1. The van der Waals surface area contributed by atoms with Crippen molar-refractivity contribution in [2.24, 2.45) is 11.8 Å². The molecule has 76 valence electrons. The van der Waals surface area contributed by atoms with Gasteiger partial charge in [0.2, 0.25) is 5.91 Å². The third-order valence-electron chi connectivity index (χ3n) is 2.51. The van der Waals surface area contributed by atoms with E-state index < -0.39 is 0 Å². The molecule has 13 heavy (non-hydrogen) atoms. The number of likely N-dealkylation sites (tertiary alicyclic amines) is 1. The lowest BCUT2D eigenvalue weighted by Gasteiger charge is -2.16. The molecule has 1 saturated heterocycles. The van der Waals surface area contributed by atoms with Gasteiger partial charge in [0.25, 0.3) is 0 Å². The fourth-order valence-electron chi connectivity index (χ4n) is 1.63. The lowest BCUT2D eigenvalue weighted by molar-refractivity contribution is -0.131. The molecule has 0 spiro atoms. The number of aliphatic hydroxyl groups is 1. The average Bonchev–Trinajstić information content (AvgIpc) is 2.31. The Bertz CT molecular complexity index is 181. The molecule has 1 aliphatic heterocycles. The van der Waals surface area contributed by atoms with Crippen molar-refractivity contribution in [3.8, 4) is 0 Å². The Kier molecular flexibility index (Phi) is 3.31. The first-order valence-electron chi connectivity index (χ1n) is 4.96. The van der Waals surface area contributed by atoms with Gasteiger partial charge in [0.15, 0.2) is 0 Å². The Morgan fingerprint density at radius 2 is 2.15 bits per heavy atom. The van der Waals surface area contributed by atoms with E-state index in [4.69, 9.17) is 0 Å². The molecule has 1 amide bonds. The van der Waals surface area contributed by atoms with E-state index in [2.05, 4.69) is 0 Å². The summed E-state index contributed by atoms with van der Waals surface area (Å²) in [6.07, 6.45) is 0.274. The lowest BCUT2D eigenvalue weighted by Crippen LogP contribution is -2.30. The summed E-state index contributed by atoms with van der Waals surface area (Å²) in [5.41, 5.74) is 0. The number of rotatable bonds is 2. The number of aliphatic hydroxyl groups excluding tert-OH is 1. The van der Waals surface area contributed by atoms with Crippen LogP contribution in [0, 0.1) is 11.8 Å². The number of hydrogen-bond acceptors (Lipinski definition) is 2. The Hall–Kier alpha value is -0.570. The fourth-order valence-corrected chi connectivity index (χ4v) is 1.63. The second-order valence-electron chi connectivity index (χ2n) is 4.44. The van der Waals surface area contributed by atoms with Crippen LogP contribution >= 0.6 is 0 Å². The Morgan fingerprint density at radius 3 is 2.54 bits per heavy atom. The number of β-amino-alcohol motifs (C(OH)–C–C–N with tert-alkyl or cyclic N) is 1. The normalized spacial score (nSPS) is 28.5. The van der Waals surface area contributed by atoms with Gasteiger partial charge in [-0.25, -0.2) is 0 Å². The van der Waals surface area contributed by atoms with Crippen molar-refractivity contribution in [2.75, 3.05) is 13.1 Å². The van der Waals surface area contributed by atoms with Crippen LogP contribution in [-0.2, 0) is 4.79 Å². The molecule has 0 radical (unpaired) electrons. The largest absolute Gasteiger partial charge is 0.391 e. The van der Waals surface area contributed by atoms with Crippen LogP contribution in [0.5, 0.6) is 0 Å². The molecule has 0 aromatic rings. The summed E-state index contributed by atoms with van der Waals surface area (Å²) >= 11 is 0. The molecule has 0 bridgehead atoms. The zero-order valence-corrected chi connectivity index (χ0v) is 8.66. The smallest absolute Gasteiger partial charge is 0.222 e. The Morgan fingerprint density at radius 1 is 1.54 bits per heavy atom.